The molecule has 7 nitrogen and oxygen atoms in total. The molecule has 0 saturated carbocycles. The van der Waals surface area contributed by atoms with Crippen LogP contribution in [0.4, 0.5) is 0 Å². The Balaban J connectivity index is 1.57. The lowest BCUT2D eigenvalue weighted by Crippen LogP contribution is -2.21. The topological polar surface area (TPSA) is 89.5 Å². The second kappa shape index (κ2) is 13.5. The van der Waals surface area contributed by atoms with Gasteiger partial charge in [-0.1, -0.05) is 55.8 Å². The van der Waals surface area contributed by atoms with Gasteiger partial charge in [-0.2, -0.15) is 15.0 Å². The van der Waals surface area contributed by atoms with Gasteiger partial charge in [0.2, 0.25) is 0 Å². The summed E-state index contributed by atoms with van der Waals surface area (Å²) in [5, 5.41) is 14.8. The number of hydrogen-bond donors (Lipinski definition) is 0. The van der Waals surface area contributed by atoms with E-state index in [0.29, 0.717) is 49.7 Å². The highest BCUT2D eigenvalue weighted by molar-refractivity contribution is 9.10. The van der Waals surface area contributed by atoms with Crippen LogP contribution in [0.3, 0.4) is 0 Å². The second-order valence-corrected chi connectivity index (χ2v) is 11.7. The Morgan fingerprint density at radius 3 is 2.57 bits per heavy atom. The van der Waals surface area contributed by atoms with Gasteiger partial charge in [-0.15, -0.1) is 0 Å². The fraction of sp³-hybridized carbons (Fsp3) is 0.200. The normalized spacial score (nSPS) is 11.3. The summed E-state index contributed by atoms with van der Waals surface area (Å²) >= 11 is 10.2. The maximum absolute atomic E-state index is 13.8. The molecule has 222 valence electrons. The van der Waals surface area contributed by atoms with Crippen LogP contribution in [0.15, 0.2) is 87.2 Å². The monoisotopic (exact) mass is 668 g/mol. The molecule has 5 aromatic rings. The highest BCUT2D eigenvalue weighted by Gasteiger charge is 2.19. The predicted octanol–water partition coefficient (Wildman–Crippen LogP) is 8.64. The van der Waals surface area contributed by atoms with Crippen molar-refractivity contribution in [1.82, 2.24) is 9.66 Å². The van der Waals surface area contributed by atoms with Gasteiger partial charge in [-0.3, -0.25) is 4.79 Å². The van der Waals surface area contributed by atoms with Crippen LogP contribution >= 0.6 is 27.5 Å². The number of aryl methyl sites for hydroxylation is 1. The number of ether oxygens (including phenoxy) is 2. The first-order chi connectivity index (χ1) is 21.2. The van der Waals surface area contributed by atoms with E-state index < -0.39 is 0 Å². The molecule has 0 bridgehead atoms. The molecular weight excluding hydrogens is 640 g/mol. The van der Waals surface area contributed by atoms with Crippen LogP contribution < -0.4 is 15.0 Å². The average Bonchev–Trinajstić information content (AvgIpc) is 3.00. The molecule has 4 aromatic carbocycles. The van der Waals surface area contributed by atoms with E-state index in [2.05, 4.69) is 40.9 Å². The number of rotatable bonds is 9. The molecule has 0 aliphatic heterocycles. The highest BCUT2D eigenvalue weighted by atomic mass is 79.9. The molecule has 0 fully saturated rings. The summed E-state index contributed by atoms with van der Waals surface area (Å²) in [7, 11) is 0. The minimum absolute atomic E-state index is 0.177. The third-order valence-electron chi connectivity index (χ3n) is 7.13. The summed E-state index contributed by atoms with van der Waals surface area (Å²) < 4.78 is 13.8. The summed E-state index contributed by atoms with van der Waals surface area (Å²) in [6, 6.07) is 24.2. The minimum atomic E-state index is -0.289. The van der Waals surface area contributed by atoms with Crippen LogP contribution in [-0.4, -0.2) is 22.5 Å². The molecule has 0 spiro atoms. The summed E-state index contributed by atoms with van der Waals surface area (Å²) in [5.74, 6) is 1.87. The van der Waals surface area contributed by atoms with E-state index in [-0.39, 0.29) is 18.1 Å². The number of nitrogens with zero attached hydrogens (tertiary/aromatic N) is 4. The van der Waals surface area contributed by atoms with Gasteiger partial charge in [0.1, 0.15) is 12.4 Å². The average molecular weight is 670 g/mol. The molecule has 0 N–H and O–H groups in total. The Kier molecular flexibility index (Phi) is 9.48. The number of benzene rings is 4. The van der Waals surface area contributed by atoms with Gasteiger partial charge in [-0.05, 0) is 94.9 Å². The first kappa shape index (κ1) is 31.0. The predicted molar refractivity (Wildman–Crippen MR) is 179 cm³/mol. The minimum Gasteiger partial charge on any atom is -0.494 e. The number of halogens is 2. The van der Waals surface area contributed by atoms with Crippen molar-refractivity contribution in [2.45, 2.75) is 40.2 Å². The van der Waals surface area contributed by atoms with Crippen LogP contribution in [0.25, 0.3) is 22.3 Å². The summed E-state index contributed by atoms with van der Waals surface area (Å²) in [6.07, 6.45) is 1.57. The molecule has 1 aromatic heterocycles. The van der Waals surface area contributed by atoms with E-state index in [1.165, 1.54) is 4.68 Å². The van der Waals surface area contributed by atoms with Crippen molar-refractivity contribution in [3.8, 4) is 29.0 Å². The van der Waals surface area contributed by atoms with Crippen LogP contribution in [0, 0.1) is 18.3 Å². The largest absolute Gasteiger partial charge is 0.494 e. The number of aromatic nitrogens is 2. The summed E-state index contributed by atoms with van der Waals surface area (Å²) in [5.41, 5.74) is 4.96. The molecule has 9 heteroatoms. The Morgan fingerprint density at radius 1 is 1.09 bits per heavy atom. The van der Waals surface area contributed by atoms with Crippen LogP contribution in [0.2, 0.25) is 5.02 Å². The maximum atomic E-state index is 13.8. The second-order valence-electron chi connectivity index (χ2n) is 10.5. The zero-order valence-electron chi connectivity index (χ0n) is 24.8. The zero-order chi connectivity index (χ0) is 31.4. The van der Waals surface area contributed by atoms with Gasteiger partial charge >= 0.3 is 0 Å². The Labute approximate surface area is 269 Å². The van der Waals surface area contributed by atoms with Gasteiger partial charge in [0, 0.05) is 11.1 Å². The SMILES string of the molecule is CCOc1cc(C)c(-c2nc3ccccc3c(=O)n2N=Cc2cc(Cl)c(OCc3ccccc3C#N)c(Br)c2)cc1C(C)C. The van der Waals surface area contributed by atoms with Crippen LogP contribution in [0.5, 0.6) is 11.5 Å². The van der Waals surface area contributed by atoms with Crippen molar-refractivity contribution >= 4 is 44.6 Å². The van der Waals surface area contributed by atoms with Gasteiger partial charge in [0.25, 0.3) is 5.56 Å². The molecule has 0 unspecified atom stereocenters. The van der Waals surface area contributed by atoms with Crippen molar-refractivity contribution in [2.75, 3.05) is 6.61 Å². The van der Waals surface area contributed by atoms with Crippen molar-refractivity contribution in [2.24, 2.45) is 5.10 Å². The van der Waals surface area contributed by atoms with E-state index in [1.54, 1.807) is 36.5 Å². The maximum Gasteiger partial charge on any atom is 0.282 e. The van der Waals surface area contributed by atoms with E-state index in [0.717, 1.165) is 28.0 Å². The van der Waals surface area contributed by atoms with E-state index in [1.807, 2.05) is 56.3 Å². The molecular formula is C35H30BrClN4O3. The summed E-state index contributed by atoms with van der Waals surface area (Å²) in [4.78, 5) is 18.7. The quantitative estimate of drug-likeness (QED) is 0.147. The van der Waals surface area contributed by atoms with Crippen LogP contribution in [0.1, 0.15) is 54.5 Å². The number of nitriles is 1. The van der Waals surface area contributed by atoms with Gasteiger partial charge in [-0.25, -0.2) is 4.98 Å². The van der Waals surface area contributed by atoms with E-state index in [9.17, 15) is 10.1 Å². The lowest BCUT2D eigenvalue weighted by atomic mass is 9.96. The van der Waals surface area contributed by atoms with Crippen molar-refractivity contribution < 1.29 is 9.47 Å². The van der Waals surface area contributed by atoms with Crippen molar-refractivity contribution in [3.63, 3.8) is 0 Å². The summed E-state index contributed by atoms with van der Waals surface area (Å²) in [6.45, 7) is 8.87. The van der Waals surface area contributed by atoms with Gasteiger partial charge in [0.15, 0.2) is 11.6 Å². The third-order valence-corrected chi connectivity index (χ3v) is 8.00. The zero-order valence-corrected chi connectivity index (χ0v) is 27.1. The molecule has 44 heavy (non-hydrogen) atoms. The number of hydrogen-bond acceptors (Lipinski definition) is 6. The Hall–Kier alpha value is -4.45. The smallest absolute Gasteiger partial charge is 0.282 e. The van der Waals surface area contributed by atoms with Crippen molar-refractivity contribution in [1.29, 1.82) is 5.26 Å². The lowest BCUT2D eigenvalue weighted by molar-refractivity contribution is 0.304. The Bertz CT molecular complexity index is 1970. The molecule has 0 saturated heterocycles. The van der Waals surface area contributed by atoms with Gasteiger partial charge in [0.05, 0.1) is 44.9 Å². The molecule has 0 aliphatic rings. The lowest BCUT2D eigenvalue weighted by Gasteiger charge is -2.18. The fourth-order valence-corrected chi connectivity index (χ4v) is 5.89. The number of para-hydroxylation sites is 1. The van der Waals surface area contributed by atoms with E-state index >= 15 is 0 Å². The van der Waals surface area contributed by atoms with Crippen molar-refractivity contribution in [3.05, 3.63) is 120 Å². The Morgan fingerprint density at radius 2 is 1.84 bits per heavy atom. The molecule has 0 radical (unpaired) electrons. The number of fused-ring (bicyclic) bond motifs is 1. The van der Waals surface area contributed by atoms with E-state index in [4.69, 9.17) is 26.1 Å². The van der Waals surface area contributed by atoms with Crippen LogP contribution in [-0.2, 0) is 6.61 Å². The fourth-order valence-electron chi connectivity index (χ4n) is 4.90. The third kappa shape index (κ3) is 6.40. The first-order valence-electron chi connectivity index (χ1n) is 14.2. The molecule has 0 atom stereocenters. The molecule has 1 heterocycles. The molecule has 0 amide bonds. The van der Waals surface area contributed by atoms with Gasteiger partial charge < -0.3 is 9.47 Å². The first-order valence-corrected chi connectivity index (χ1v) is 15.3. The molecule has 0 aliphatic carbocycles. The highest BCUT2D eigenvalue weighted by Crippen LogP contribution is 2.36. The standard InChI is InChI=1S/C35H30BrClN4O3/c1-5-43-32-14-22(4)28(17-27(32)21(2)3)34-40-31-13-9-8-12-26(31)35(42)41(34)39-19-23-15-29(36)33(30(37)16-23)44-20-25-11-7-6-10-24(25)18-38/h6-17,19,21H,5,20H2,1-4H3. The molecule has 5 rings (SSSR count).